The Labute approximate surface area is 109 Å². The molecule has 1 heterocycles. The highest BCUT2D eigenvalue weighted by Crippen LogP contribution is 2.32. The molecular weight excluding hydrogens is 257 g/mol. The first-order valence-corrected chi connectivity index (χ1v) is 6.66. The van der Waals surface area contributed by atoms with Crippen LogP contribution in [0.4, 0.5) is 4.39 Å². The average molecular weight is 270 g/mol. The summed E-state index contributed by atoms with van der Waals surface area (Å²) in [6.45, 7) is 2.07. The fourth-order valence-corrected chi connectivity index (χ4v) is 3.06. The SMILES string of the molecule is CCc1ccsc1C(N)c1cc(F)ccc1Cl. The van der Waals surface area contributed by atoms with Gasteiger partial charge in [-0.3, -0.25) is 0 Å². The van der Waals surface area contributed by atoms with Crippen LogP contribution in [0.25, 0.3) is 0 Å². The highest BCUT2D eigenvalue weighted by molar-refractivity contribution is 7.10. The molecule has 1 aromatic heterocycles. The fraction of sp³-hybridized carbons (Fsp3) is 0.231. The zero-order valence-electron chi connectivity index (χ0n) is 9.41. The molecule has 0 spiro atoms. The first-order valence-electron chi connectivity index (χ1n) is 5.40. The van der Waals surface area contributed by atoms with Crippen LogP contribution in [0.1, 0.15) is 29.0 Å². The van der Waals surface area contributed by atoms with Crippen LogP contribution >= 0.6 is 22.9 Å². The number of hydrogen-bond acceptors (Lipinski definition) is 2. The maximum absolute atomic E-state index is 13.2. The molecule has 4 heteroatoms. The van der Waals surface area contributed by atoms with Crippen molar-refractivity contribution >= 4 is 22.9 Å². The van der Waals surface area contributed by atoms with Gasteiger partial charge in [-0.25, -0.2) is 4.39 Å². The molecule has 1 atom stereocenters. The quantitative estimate of drug-likeness (QED) is 0.890. The van der Waals surface area contributed by atoms with E-state index >= 15 is 0 Å². The van der Waals surface area contributed by atoms with E-state index in [9.17, 15) is 4.39 Å². The molecule has 0 saturated heterocycles. The Balaban J connectivity index is 2.43. The molecule has 17 heavy (non-hydrogen) atoms. The van der Waals surface area contributed by atoms with E-state index in [0.29, 0.717) is 10.6 Å². The van der Waals surface area contributed by atoms with Gasteiger partial charge in [-0.2, -0.15) is 0 Å². The first kappa shape index (κ1) is 12.6. The summed E-state index contributed by atoms with van der Waals surface area (Å²) < 4.78 is 13.2. The van der Waals surface area contributed by atoms with Gasteiger partial charge >= 0.3 is 0 Å². The van der Waals surface area contributed by atoms with Crippen molar-refractivity contribution in [3.05, 3.63) is 56.5 Å². The van der Waals surface area contributed by atoms with Crippen molar-refractivity contribution in [2.24, 2.45) is 5.73 Å². The Morgan fingerprint density at radius 1 is 1.41 bits per heavy atom. The van der Waals surface area contributed by atoms with Gasteiger partial charge in [0.05, 0.1) is 6.04 Å². The number of aryl methyl sites for hydroxylation is 1. The average Bonchev–Trinajstić information content (AvgIpc) is 2.79. The van der Waals surface area contributed by atoms with Crippen LogP contribution in [-0.4, -0.2) is 0 Å². The minimum Gasteiger partial charge on any atom is -0.320 e. The van der Waals surface area contributed by atoms with Crippen molar-refractivity contribution in [2.75, 3.05) is 0 Å². The second kappa shape index (κ2) is 5.17. The summed E-state index contributed by atoms with van der Waals surface area (Å²) >= 11 is 7.65. The Morgan fingerprint density at radius 3 is 2.88 bits per heavy atom. The van der Waals surface area contributed by atoms with Crippen LogP contribution in [0.5, 0.6) is 0 Å². The van der Waals surface area contributed by atoms with Crippen molar-refractivity contribution in [1.29, 1.82) is 0 Å². The molecule has 90 valence electrons. The molecule has 0 radical (unpaired) electrons. The molecule has 0 amide bonds. The van der Waals surface area contributed by atoms with Crippen molar-refractivity contribution in [1.82, 2.24) is 0 Å². The van der Waals surface area contributed by atoms with Gasteiger partial charge in [0.25, 0.3) is 0 Å². The lowest BCUT2D eigenvalue weighted by Gasteiger charge is -2.14. The van der Waals surface area contributed by atoms with E-state index in [1.807, 2.05) is 11.4 Å². The lowest BCUT2D eigenvalue weighted by atomic mass is 10.0. The zero-order valence-corrected chi connectivity index (χ0v) is 11.0. The van der Waals surface area contributed by atoms with Gasteiger partial charge < -0.3 is 5.73 Å². The topological polar surface area (TPSA) is 26.0 Å². The Hall–Kier alpha value is -0.900. The van der Waals surface area contributed by atoms with Gasteiger partial charge in [0.15, 0.2) is 0 Å². The van der Waals surface area contributed by atoms with E-state index in [-0.39, 0.29) is 11.9 Å². The van der Waals surface area contributed by atoms with Gasteiger partial charge in [0.2, 0.25) is 0 Å². The molecule has 1 nitrogen and oxygen atoms in total. The second-order valence-electron chi connectivity index (χ2n) is 3.81. The van der Waals surface area contributed by atoms with E-state index < -0.39 is 0 Å². The zero-order chi connectivity index (χ0) is 12.4. The van der Waals surface area contributed by atoms with Crippen LogP contribution in [0, 0.1) is 5.82 Å². The monoisotopic (exact) mass is 269 g/mol. The summed E-state index contributed by atoms with van der Waals surface area (Å²) in [5.74, 6) is -0.311. The van der Waals surface area contributed by atoms with Crippen LogP contribution in [0.15, 0.2) is 29.6 Å². The molecule has 0 saturated carbocycles. The summed E-state index contributed by atoms with van der Waals surface area (Å²) in [6.07, 6.45) is 0.916. The smallest absolute Gasteiger partial charge is 0.123 e. The number of benzene rings is 1. The molecule has 2 aromatic rings. The Morgan fingerprint density at radius 2 is 2.18 bits per heavy atom. The van der Waals surface area contributed by atoms with E-state index in [0.717, 1.165) is 11.3 Å². The molecule has 0 bridgehead atoms. The molecule has 1 unspecified atom stereocenters. The summed E-state index contributed by atoms with van der Waals surface area (Å²) in [5.41, 5.74) is 8.01. The van der Waals surface area contributed by atoms with E-state index in [2.05, 4.69) is 6.92 Å². The van der Waals surface area contributed by atoms with Crippen molar-refractivity contribution in [3.8, 4) is 0 Å². The Bertz CT molecular complexity index is 524. The number of rotatable bonds is 3. The molecule has 2 N–H and O–H groups in total. The maximum atomic E-state index is 13.2. The highest BCUT2D eigenvalue weighted by Gasteiger charge is 2.17. The van der Waals surface area contributed by atoms with Crippen molar-refractivity contribution in [3.63, 3.8) is 0 Å². The lowest BCUT2D eigenvalue weighted by Crippen LogP contribution is -2.12. The fourth-order valence-electron chi connectivity index (χ4n) is 1.81. The predicted molar refractivity (Wildman–Crippen MR) is 71.1 cm³/mol. The minimum absolute atomic E-state index is 0.311. The number of thiophene rings is 1. The van der Waals surface area contributed by atoms with Gasteiger partial charge in [0, 0.05) is 9.90 Å². The number of nitrogens with two attached hydrogens (primary N) is 1. The second-order valence-corrected chi connectivity index (χ2v) is 5.16. The first-order chi connectivity index (χ1) is 8.13. The number of hydrogen-bond donors (Lipinski definition) is 1. The van der Waals surface area contributed by atoms with Crippen LogP contribution in [0.3, 0.4) is 0 Å². The van der Waals surface area contributed by atoms with E-state index in [1.54, 1.807) is 17.4 Å². The summed E-state index contributed by atoms with van der Waals surface area (Å²) in [6, 6.07) is 5.99. The predicted octanol–water partition coefficient (Wildman–Crippen LogP) is 4.15. The third-order valence-corrected chi connectivity index (χ3v) is 4.12. The summed E-state index contributed by atoms with van der Waals surface area (Å²) in [5, 5.41) is 2.51. The van der Waals surface area contributed by atoms with Gasteiger partial charge in [-0.1, -0.05) is 18.5 Å². The van der Waals surface area contributed by atoms with E-state index in [1.165, 1.54) is 17.7 Å². The summed E-state index contributed by atoms with van der Waals surface area (Å²) in [7, 11) is 0. The number of halogens is 2. The molecule has 1 aromatic carbocycles. The molecule has 2 rings (SSSR count). The standard InChI is InChI=1S/C13H13ClFNS/c1-2-8-5-6-17-13(8)12(16)10-7-9(15)3-4-11(10)14/h3-7,12H,2,16H2,1H3. The molecule has 0 fully saturated rings. The molecular formula is C13H13ClFNS. The minimum atomic E-state index is -0.354. The van der Waals surface area contributed by atoms with Gasteiger partial charge in [0.1, 0.15) is 5.82 Å². The van der Waals surface area contributed by atoms with Crippen molar-refractivity contribution < 1.29 is 4.39 Å². The van der Waals surface area contributed by atoms with Crippen molar-refractivity contribution in [2.45, 2.75) is 19.4 Å². The third kappa shape index (κ3) is 2.51. The largest absolute Gasteiger partial charge is 0.320 e. The van der Waals surface area contributed by atoms with E-state index in [4.69, 9.17) is 17.3 Å². The van der Waals surface area contributed by atoms with Gasteiger partial charge in [-0.05, 0) is 47.2 Å². The normalized spacial score (nSPS) is 12.7. The third-order valence-electron chi connectivity index (χ3n) is 2.74. The van der Waals surface area contributed by atoms with Crippen LogP contribution < -0.4 is 5.73 Å². The lowest BCUT2D eigenvalue weighted by molar-refractivity contribution is 0.624. The Kier molecular flexibility index (Phi) is 3.82. The van der Waals surface area contributed by atoms with Crippen LogP contribution in [-0.2, 0) is 6.42 Å². The molecule has 0 aliphatic heterocycles. The molecule has 0 aliphatic rings. The molecule has 0 aliphatic carbocycles. The summed E-state index contributed by atoms with van der Waals surface area (Å²) in [4.78, 5) is 1.06. The highest BCUT2D eigenvalue weighted by atomic mass is 35.5. The maximum Gasteiger partial charge on any atom is 0.123 e. The van der Waals surface area contributed by atoms with Gasteiger partial charge in [-0.15, -0.1) is 11.3 Å². The van der Waals surface area contributed by atoms with Crippen LogP contribution in [0.2, 0.25) is 5.02 Å².